The van der Waals surface area contributed by atoms with Crippen LogP contribution >= 0.6 is 0 Å². The van der Waals surface area contributed by atoms with Crippen LogP contribution < -0.4 is 10.7 Å². The zero-order valence-electron chi connectivity index (χ0n) is 10.4. The van der Waals surface area contributed by atoms with Crippen LogP contribution in [0.3, 0.4) is 0 Å². The minimum absolute atomic E-state index is 0.294. The molecular formula is C12H16N4O2. The summed E-state index contributed by atoms with van der Waals surface area (Å²) in [7, 11) is 0. The summed E-state index contributed by atoms with van der Waals surface area (Å²) in [4.78, 5) is 26.4. The smallest absolute Gasteiger partial charge is 0.329 e. The van der Waals surface area contributed by atoms with Crippen LogP contribution in [0.2, 0.25) is 0 Å². The number of carbonyl (C=O) groups is 2. The molecule has 0 fully saturated rings. The Morgan fingerprint density at radius 1 is 1.33 bits per heavy atom. The van der Waals surface area contributed by atoms with Gasteiger partial charge in [-0.3, -0.25) is 14.6 Å². The molecule has 0 saturated carbocycles. The summed E-state index contributed by atoms with van der Waals surface area (Å²) in [6, 6.07) is 3.46. The second-order valence-corrected chi connectivity index (χ2v) is 4.08. The molecule has 6 nitrogen and oxygen atoms in total. The quantitative estimate of drug-likeness (QED) is 0.457. The van der Waals surface area contributed by atoms with E-state index in [1.807, 2.05) is 13.8 Å². The number of hydrogen-bond donors (Lipinski definition) is 2. The minimum Gasteiger partial charge on any atom is -0.348 e. The van der Waals surface area contributed by atoms with Crippen molar-refractivity contribution in [2.75, 3.05) is 6.54 Å². The topological polar surface area (TPSA) is 83.5 Å². The van der Waals surface area contributed by atoms with Crippen molar-refractivity contribution in [1.82, 2.24) is 15.7 Å². The Balaban J connectivity index is 2.37. The molecule has 0 aliphatic heterocycles. The predicted octanol–water partition coefficient (Wildman–Crippen LogP) is 0.304. The molecule has 2 amide bonds. The molecule has 0 atom stereocenters. The number of hydrogen-bond acceptors (Lipinski definition) is 4. The fraction of sp³-hybridized carbons (Fsp3) is 0.333. The van der Waals surface area contributed by atoms with Gasteiger partial charge in [-0.1, -0.05) is 13.8 Å². The summed E-state index contributed by atoms with van der Waals surface area (Å²) in [6.45, 7) is 4.35. The van der Waals surface area contributed by atoms with Gasteiger partial charge in [-0.05, 0) is 23.6 Å². The molecule has 0 unspecified atom stereocenters. The van der Waals surface area contributed by atoms with Crippen molar-refractivity contribution >= 4 is 18.0 Å². The van der Waals surface area contributed by atoms with Gasteiger partial charge in [0.25, 0.3) is 0 Å². The number of aromatic nitrogens is 1. The lowest BCUT2D eigenvalue weighted by atomic mass is 10.2. The van der Waals surface area contributed by atoms with Crippen molar-refractivity contribution in [3.63, 3.8) is 0 Å². The monoisotopic (exact) mass is 248 g/mol. The molecule has 0 saturated heterocycles. The molecule has 2 N–H and O–H groups in total. The molecule has 96 valence electrons. The molecule has 0 spiro atoms. The number of rotatable bonds is 4. The van der Waals surface area contributed by atoms with Crippen LogP contribution in [0.15, 0.2) is 29.6 Å². The van der Waals surface area contributed by atoms with Crippen LogP contribution in [0.1, 0.15) is 19.4 Å². The third kappa shape index (κ3) is 5.20. The normalized spacial score (nSPS) is 10.6. The first-order chi connectivity index (χ1) is 8.59. The van der Waals surface area contributed by atoms with Crippen LogP contribution in [0.5, 0.6) is 0 Å². The summed E-state index contributed by atoms with van der Waals surface area (Å²) in [5.41, 5.74) is 2.94. The van der Waals surface area contributed by atoms with Crippen molar-refractivity contribution in [2.24, 2.45) is 11.0 Å². The van der Waals surface area contributed by atoms with Crippen LogP contribution in [-0.2, 0) is 9.59 Å². The van der Waals surface area contributed by atoms with Crippen molar-refractivity contribution in [3.05, 3.63) is 30.1 Å². The number of nitrogens with one attached hydrogen (secondary N) is 2. The molecule has 1 rings (SSSR count). The second-order valence-electron chi connectivity index (χ2n) is 4.08. The van der Waals surface area contributed by atoms with Gasteiger partial charge in [0.2, 0.25) is 0 Å². The summed E-state index contributed by atoms with van der Waals surface area (Å²) in [5.74, 6) is -1.17. The van der Waals surface area contributed by atoms with E-state index in [1.54, 1.807) is 24.5 Å². The maximum atomic E-state index is 11.3. The van der Waals surface area contributed by atoms with Gasteiger partial charge in [0.05, 0.1) is 6.21 Å². The average molecular weight is 248 g/mol. The van der Waals surface area contributed by atoms with E-state index >= 15 is 0 Å². The van der Waals surface area contributed by atoms with E-state index < -0.39 is 11.8 Å². The number of nitrogens with zero attached hydrogens (tertiary/aromatic N) is 2. The van der Waals surface area contributed by atoms with Crippen molar-refractivity contribution in [3.8, 4) is 0 Å². The van der Waals surface area contributed by atoms with E-state index in [9.17, 15) is 9.59 Å². The Morgan fingerprint density at radius 2 is 2.00 bits per heavy atom. The van der Waals surface area contributed by atoms with Gasteiger partial charge in [-0.15, -0.1) is 0 Å². The first kappa shape index (κ1) is 13.8. The van der Waals surface area contributed by atoms with Gasteiger partial charge in [0.1, 0.15) is 0 Å². The fourth-order valence-electron chi connectivity index (χ4n) is 1.04. The number of amides is 2. The van der Waals surface area contributed by atoms with Crippen LogP contribution in [0, 0.1) is 5.92 Å². The van der Waals surface area contributed by atoms with Gasteiger partial charge >= 0.3 is 11.8 Å². The maximum absolute atomic E-state index is 11.3. The Labute approximate surface area is 105 Å². The van der Waals surface area contributed by atoms with Gasteiger partial charge in [0, 0.05) is 18.9 Å². The van der Waals surface area contributed by atoms with E-state index in [-0.39, 0.29) is 0 Å². The van der Waals surface area contributed by atoms with Gasteiger partial charge in [-0.2, -0.15) is 5.10 Å². The molecule has 18 heavy (non-hydrogen) atoms. The SMILES string of the molecule is CC(C)CNC(=O)C(=O)N/N=C\c1ccncc1. The first-order valence-electron chi connectivity index (χ1n) is 5.61. The number of carbonyl (C=O) groups excluding carboxylic acids is 2. The Hall–Kier alpha value is -2.24. The zero-order valence-corrected chi connectivity index (χ0v) is 10.4. The molecular weight excluding hydrogens is 232 g/mol. The predicted molar refractivity (Wildman–Crippen MR) is 67.8 cm³/mol. The molecule has 1 aromatic rings. The lowest BCUT2D eigenvalue weighted by molar-refractivity contribution is -0.139. The first-order valence-corrected chi connectivity index (χ1v) is 5.61. The van der Waals surface area contributed by atoms with Crippen molar-refractivity contribution in [2.45, 2.75) is 13.8 Å². The van der Waals surface area contributed by atoms with E-state index in [1.165, 1.54) is 6.21 Å². The summed E-state index contributed by atoms with van der Waals surface area (Å²) >= 11 is 0. The maximum Gasteiger partial charge on any atom is 0.329 e. The van der Waals surface area contributed by atoms with E-state index in [2.05, 4.69) is 20.8 Å². The molecule has 1 aromatic heterocycles. The van der Waals surface area contributed by atoms with E-state index in [0.29, 0.717) is 12.5 Å². The molecule has 0 bridgehead atoms. The van der Waals surface area contributed by atoms with Crippen molar-refractivity contribution < 1.29 is 9.59 Å². The lowest BCUT2D eigenvalue weighted by Crippen LogP contribution is -2.39. The lowest BCUT2D eigenvalue weighted by Gasteiger charge is -2.05. The highest BCUT2D eigenvalue weighted by Crippen LogP contribution is 1.90. The fourth-order valence-corrected chi connectivity index (χ4v) is 1.04. The second kappa shape index (κ2) is 7.16. The highest BCUT2D eigenvalue weighted by Gasteiger charge is 2.11. The molecule has 0 aliphatic rings. The molecule has 6 heteroatoms. The third-order valence-corrected chi connectivity index (χ3v) is 1.96. The summed E-state index contributed by atoms with van der Waals surface area (Å²) < 4.78 is 0. The van der Waals surface area contributed by atoms with Crippen LogP contribution in [-0.4, -0.2) is 29.6 Å². The van der Waals surface area contributed by atoms with Gasteiger partial charge < -0.3 is 5.32 Å². The Morgan fingerprint density at radius 3 is 2.61 bits per heavy atom. The standard InChI is InChI=1S/C12H16N4O2/c1-9(2)7-14-11(17)12(18)16-15-8-10-3-5-13-6-4-10/h3-6,8-9H,7H2,1-2H3,(H,14,17)(H,16,18)/b15-8-. The average Bonchev–Trinajstić information content (AvgIpc) is 2.37. The summed E-state index contributed by atoms with van der Waals surface area (Å²) in [5, 5.41) is 6.17. The molecule has 0 aromatic carbocycles. The highest BCUT2D eigenvalue weighted by atomic mass is 16.2. The van der Waals surface area contributed by atoms with Crippen molar-refractivity contribution in [1.29, 1.82) is 0 Å². The number of pyridine rings is 1. The molecule has 0 aliphatic carbocycles. The minimum atomic E-state index is -0.777. The molecule has 1 heterocycles. The Kier molecular flexibility index (Phi) is 5.50. The third-order valence-electron chi connectivity index (χ3n) is 1.96. The number of hydrazone groups is 1. The largest absolute Gasteiger partial charge is 0.348 e. The van der Waals surface area contributed by atoms with E-state index in [0.717, 1.165) is 5.56 Å². The molecule has 0 radical (unpaired) electrons. The van der Waals surface area contributed by atoms with Gasteiger partial charge in [0.15, 0.2) is 0 Å². The zero-order chi connectivity index (χ0) is 13.4. The summed E-state index contributed by atoms with van der Waals surface area (Å²) in [6.07, 6.45) is 4.66. The van der Waals surface area contributed by atoms with Gasteiger partial charge in [-0.25, -0.2) is 5.43 Å². The highest BCUT2D eigenvalue weighted by molar-refractivity contribution is 6.35. The van der Waals surface area contributed by atoms with Crippen LogP contribution in [0.25, 0.3) is 0 Å². The Bertz CT molecular complexity index is 429. The van der Waals surface area contributed by atoms with E-state index in [4.69, 9.17) is 0 Å². The van der Waals surface area contributed by atoms with Crippen LogP contribution in [0.4, 0.5) is 0 Å².